The van der Waals surface area contributed by atoms with Gasteiger partial charge in [-0.15, -0.1) is 0 Å². The lowest BCUT2D eigenvalue weighted by Crippen LogP contribution is -2.25. The third-order valence-electron chi connectivity index (χ3n) is 3.11. The predicted molar refractivity (Wildman–Crippen MR) is 73.7 cm³/mol. The molecule has 0 amide bonds. The number of hydrogen-bond donors (Lipinski definition) is 2. The Morgan fingerprint density at radius 3 is 2.94 bits per heavy atom. The van der Waals surface area contributed by atoms with Gasteiger partial charge in [0.2, 0.25) is 0 Å². The summed E-state index contributed by atoms with van der Waals surface area (Å²) in [6, 6.07) is 3.74. The van der Waals surface area contributed by atoms with Gasteiger partial charge >= 0.3 is 0 Å². The number of anilines is 2. The van der Waals surface area contributed by atoms with Crippen LogP contribution in [0, 0.1) is 0 Å². The molecule has 1 atom stereocenters. The van der Waals surface area contributed by atoms with Gasteiger partial charge in [0.05, 0.1) is 11.0 Å². The first-order chi connectivity index (χ1) is 8.62. The zero-order chi connectivity index (χ0) is 13.0. The number of rotatable bonds is 5. The molecule has 18 heavy (non-hydrogen) atoms. The maximum Gasteiger partial charge on any atom is 0.154 e. The largest absolute Gasteiger partial charge is 0.384 e. The molecule has 0 saturated carbocycles. The maximum atomic E-state index is 11.7. The van der Waals surface area contributed by atoms with E-state index in [1.165, 1.54) is 0 Å². The van der Waals surface area contributed by atoms with E-state index >= 15 is 0 Å². The average molecular weight is 269 g/mol. The average Bonchev–Trinajstić information content (AvgIpc) is 2.67. The van der Waals surface area contributed by atoms with Crippen LogP contribution < -0.4 is 10.6 Å². The van der Waals surface area contributed by atoms with Gasteiger partial charge in [0.25, 0.3) is 0 Å². The van der Waals surface area contributed by atoms with Crippen LogP contribution in [-0.4, -0.2) is 37.5 Å². The Morgan fingerprint density at radius 1 is 1.44 bits per heavy atom. The Kier molecular flexibility index (Phi) is 4.06. The Morgan fingerprint density at radius 2 is 2.28 bits per heavy atom. The van der Waals surface area contributed by atoms with Gasteiger partial charge in [0.1, 0.15) is 5.82 Å². The quantitative estimate of drug-likeness (QED) is 0.847. The van der Waals surface area contributed by atoms with Gasteiger partial charge in [-0.2, -0.15) is 0 Å². The smallest absolute Gasteiger partial charge is 0.154 e. The summed E-state index contributed by atoms with van der Waals surface area (Å²) in [6.45, 7) is 3.30. The SMILES string of the molecule is CCNc1cc(NCC2CCCS2(=O)=O)ccn1. The third-order valence-corrected chi connectivity index (χ3v) is 5.39. The van der Waals surface area contributed by atoms with Gasteiger partial charge in [0.15, 0.2) is 9.84 Å². The van der Waals surface area contributed by atoms with E-state index in [4.69, 9.17) is 0 Å². The van der Waals surface area contributed by atoms with Crippen molar-refractivity contribution in [2.45, 2.75) is 25.0 Å². The van der Waals surface area contributed by atoms with E-state index in [1.54, 1.807) is 6.20 Å². The van der Waals surface area contributed by atoms with Crippen molar-refractivity contribution in [3.8, 4) is 0 Å². The van der Waals surface area contributed by atoms with Crippen LogP contribution in [0.4, 0.5) is 11.5 Å². The molecule has 1 aromatic heterocycles. The lowest BCUT2D eigenvalue weighted by molar-refractivity contribution is 0.591. The highest BCUT2D eigenvalue weighted by Crippen LogP contribution is 2.21. The van der Waals surface area contributed by atoms with Crippen LogP contribution in [0.3, 0.4) is 0 Å². The molecule has 100 valence electrons. The lowest BCUT2D eigenvalue weighted by Gasteiger charge is -2.12. The van der Waals surface area contributed by atoms with Crippen molar-refractivity contribution in [1.82, 2.24) is 4.98 Å². The number of pyridine rings is 1. The Bertz CT molecular complexity index is 502. The summed E-state index contributed by atoms with van der Waals surface area (Å²) < 4.78 is 23.4. The van der Waals surface area contributed by atoms with E-state index < -0.39 is 9.84 Å². The molecule has 1 aromatic rings. The molecule has 0 spiro atoms. The second-order valence-electron chi connectivity index (χ2n) is 4.47. The molecule has 0 aromatic carbocycles. The van der Waals surface area contributed by atoms with Crippen molar-refractivity contribution >= 4 is 21.3 Å². The van der Waals surface area contributed by atoms with E-state index in [1.807, 2.05) is 19.1 Å². The second kappa shape index (κ2) is 5.56. The van der Waals surface area contributed by atoms with Crippen molar-refractivity contribution in [2.24, 2.45) is 0 Å². The summed E-state index contributed by atoms with van der Waals surface area (Å²) in [5, 5.41) is 6.06. The highest BCUT2D eigenvalue weighted by atomic mass is 32.2. The van der Waals surface area contributed by atoms with Crippen LogP contribution in [0.25, 0.3) is 0 Å². The summed E-state index contributed by atoms with van der Waals surface area (Å²) in [5.74, 6) is 1.13. The van der Waals surface area contributed by atoms with Crippen LogP contribution in [0.1, 0.15) is 19.8 Å². The van der Waals surface area contributed by atoms with Crippen molar-refractivity contribution in [1.29, 1.82) is 0 Å². The normalized spacial score (nSPS) is 21.7. The number of nitrogens with zero attached hydrogens (tertiary/aromatic N) is 1. The number of hydrogen-bond acceptors (Lipinski definition) is 5. The summed E-state index contributed by atoms with van der Waals surface area (Å²) in [5.41, 5.74) is 0.906. The van der Waals surface area contributed by atoms with E-state index in [0.717, 1.165) is 30.9 Å². The van der Waals surface area contributed by atoms with E-state index in [9.17, 15) is 8.42 Å². The maximum absolute atomic E-state index is 11.7. The Hall–Kier alpha value is -1.30. The molecule has 2 heterocycles. The second-order valence-corrected chi connectivity index (χ2v) is 6.87. The molecule has 1 unspecified atom stereocenters. The molecule has 5 nitrogen and oxygen atoms in total. The van der Waals surface area contributed by atoms with Crippen molar-refractivity contribution < 1.29 is 8.42 Å². The number of nitrogens with one attached hydrogen (secondary N) is 2. The molecule has 6 heteroatoms. The molecule has 1 aliphatic rings. The highest BCUT2D eigenvalue weighted by molar-refractivity contribution is 7.92. The molecule has 2 N–H and O–H groups in total. The van der Waals surface area contributed by atoms with E-state index in [2.05, 4.69) is 15.6 Å². The first-order valence-corrected chi connectivity index (χ1v) is 7.99. The molecular formula is C12H19N3O2S. The minimum absolute atomic E-state index is 0.242. The Labute approximate surface area is 108 Å². The molecule has 1 fully saturated rings. The molecule has 0 bridgehead atoms. The minimum atomic E-state index is -2.87. The lowest BCUT2D eigenvalue weighted by atomic mass is 10.2. The number of sulfone groups is 1. The topological polar surface area (TPSA) is 71.1 Å². The summed E-state index contributed by atoms with van der Waals surface area (Å²) in [6.07, 6.45) is 3.26. The third kappa shape index (κ3) is 3.13. The first-order valence-electron chi connectivity index (χ1n) is 6.27. The van der Waals surface area contributed by atoms with Crippen LogP contribution >= 0.6 is 0 Å². The predicted octanol–water partition coefficient (Wildman–Crippen LogP) is 1.50. The van der Waals surface area contributed by atoms with Crippen LogP contribution in [-0.2, 0) is 9.84 Å². The van der Waals surface area contributed by atoms with Crippen molar-refractivity contribution in [3.05, 3.63) is 18.3 Å². The fourth-order valence-corrected chi connectivity index (χ4v) is 3.90. The minimum Gasteiger partial charge on any atom is -0.384 e. The fraction of sp³-hybridized carbons (Fsp3) is 0.583. The summed E-state index contributed by atoms with van der Waals surface area (Å²) >= 11 is 0. The van der Waals surface area contributed by atoms with E-state index in [0.29, 0.717) is 12.3 Å². The fourth-order valence-electron chi connectivity index (χ4n) is 2.14. The van der Waals surface area contributed by atoms with Gasteiger partial charge in [-0.1, -0.05) is 0 Å². The standard InChI is InChI=1S/C12H19N3O2S/c1-2-13-12-8-10(5-6-14-12)15-9-11-4-3-7-18(11,16)17/h5-6,8,11H,2-4,7,9H2,1H3,(H2,13,14,15). The highest BCUT2D eigenvalue weighted by Gasteiger charge is 2.30. The van der Waals surface area contributed by atoms with Gasteiger partial charge < -0.3 is 10.6 Å². The monoisotopic (exact) mass is 269 g/mol. The molecular weight excluding hydrogens is 250 g/mol. The van der Waals surface area contributed by atoms with Crippen LogP contribution in [0.15, 0.2) is 18.3 Å². The summed E-state index contributed by atoms with van der Waals surface area (Å²) in [4.78, 5) is 4.17. The van der Waals surface area contributed by atoms with Crippen LogP contribution in [0.5, 0.6) is 0 Å². The molecule has 1 aliphatic heterocycles. The van der Waals surface area contributed by atoms with E-state index in [-0.39, 0.29) is 5.25 Å². The molecule has 0 aliphatic carbocycles. The van der Waals surface area contributed by atoms with Crippen LogP contribution in [0.2, 0.25) is 0 Å². The summed E-state index contributed by atoms with van der Waals surface area (Å²) in [7, 11) is -2.87. The van der Waals surface area contributed by atoms with Gasteiger partial charge in [-0.05, 0) is 25.8 Å². The first kappa shape index (κ1) is 13.1. The molecule has 1 saturated heterocycles. The number of aromatic nitrogens is 1. The van der Waals surface area contributed by atoms with Crippen molar-refractivity contribution in [2.75, 3.05) is 29.5 Å². The molecule has 0 radical (unpaired) electrons. The zero-order valence-electron chi connectivity index (χ0n) is 10.5. The van der Waals surface area contributed by atoms with Gasteiger partial charge in [-0.3, -0.25) is 0 Å². The zero-order valence-corrected chi connectivity index (χ0v) is 11.3. The van der Waals surface area contributed by atoms with Gasteiger partial charge in [0, 0.05) is 31.0 Å². The molecule has 2 rings (SSSR count). The Balaban J connectivity index is 1.96. The van der Waals surface area contributed by atoms with Gasteiger partial charge in [-0.25, -0.2) is 13.4 Å². The van der Waals surface area contributed by atoms with Crippen molar-refractivity contribution in [3.63, 3.8) is 0 Å².